The molecule has 0 aromatic rings. The Balaban J connectivity index is 2.18. The Morgan fingerprint density at radius 3 is 2.94 bits per heavy atom. The number of rotatable bonds is 9. The molecule has 1 saturated heterocycles. The van der Waals surface area contributed by atoms with E-state index in [1.54, 1.807) is 7.11 Å². The minimum atomic E-state index is 0.655. The monoisotopic (exact) mass is 239 g/mol. The molecule has 1 fully saturated rings. The fourth-order valence-electron chi connectivity index (χ4n) is 2.28. The van der Waals surface area contributed by atoms with Gasteiger partial charge in [0.15, 0.2) is 0 Å². The zero-order chi connectivity index (χ0) is 12.3. The third-order valence-electron chi connectivity index (χ3n) is 3.27. The van der Waals surface area contributed by atoms with Crippen molar-refractivity contribution in [3.63, 3.8) is 0 Å². The first-order chi connectivity index (χ1) is 8.36. The lowest BCUT2D eigenvalue weighted by molar-refractivity contribution is 0.141. The van der Waals surface area contributed by atoms with Gasteiger partial charge in [0, 0.05) is 32.7 Å². The zero-order valence-electron chi connectivity index (χ0n) is 11.0. The summed E-state index contributed by atoms with van der Waals surface area (Å²) in [5, 5.41) is 12.0. The summed E-state index contributed by atoms with van der Waals surface area (Å²) in [6, 6.07) is 2.86. The quantitative estimate of drug-likeness (QED) is 0.618. The number of nitrogens with zero attached hydrogens (tertiary/aromatic N) is 2. The molecule has 0 aromatic heterocycles. The number of nitriles is 1. The van der Waals surface area contributed by atoms with Crippen LogP contribution in [0.25, 0.3) is 0 Å². The second-order valence-electron chi connectivity index (χ2n) is 4.70. The van der Waals surface area contributed by atoms with E-state index in [1.807, 2.05) is 0 Å². The number of hydrogen-bond donors (Lipinski definition) is 1. The van der Waals surface area contributed by atoms with E-state index in [4.69, 9.17) is 10.00 Å². The van der Waals surface area contributed by atoms with Crippen LogP contribution in [0.3, 0.4) is 0 Å². The molecule has 1 aliphatic rings. The van der Waals surface area contributed by atoms with Crippen LogP contribution in [0.2, 0.25) is 0 Å². The lowest BCUT2D eigenvalue weighted by Crippen LogP contribution is -2.39. The highest BCUT2D eigenvalue weighted by Gasteiger charge is 2.17. The van der Waals surface area contributed by atoms with Crippen molar-refractivity contribution in [3.05, 3.63) is 0 Å². The maximum Gasteiger partial charge on any atom is 0.0621 e. The molecule has 1 N–H and O–H groups in total. The van der Waals surface area contributed by atoms with Crippen molar-refractivity contribution in [1.82, 2.24) is 10.2 Å². The van der Waals surface area contributed by atoms with Gasteiger partial charge in [-0.25, -0.2) is 0 Å². The van der Waals surface area contributed by atoms with Crippen LogP contribution in [-0.4, -0.2) is 50.8 Å². The number of hydrogen-bond acceptors (Lipinski definition) is 4. The maximum atomic E-state index is 8.51. The van der Waals surface area contributed by atoms with E-state index < -0.39 is 0 Å². The molecule has 4 heteroatoms. The van der Waals surface area contributed by atoms with Gasteiger partial charge >= 0.3 is 0 Å². The second kappa shape index (κ2) is 9.41. The molecule has 1 aliphatic heterocycles. The summed E-state index contributed by atoms with van der Waals surface area (Å²) in [4.78, 5) is 2.46. The fraction of sp³-hybridized carbons (Fsp3) is 0.923. The highest BCUT2D eigenvalue weighted by Crippen LogP contribution is 2.08. The minimum absolute atomic E-state index is 0.655. The van der Waals surface area contributed by atoms with Crippen molar-refractivity contribution in [2.75, 3.05) is 39.9 Å². The van der Waals surface area contributed by atoms with Gasteiger partial charge in [-0.05, 0) is 38.8 Å². The Hall–Kier alpha value is -0.630. The molecule has 4 nitrogen and oxygen atoms in total. The van der Waals surface area contributed by atoms with Crippen molar-refractivity contribution < 1.29 is 4.74 Å². The molecule has 1 heterocycles. The van der Waals surface area contributed by atoms with Crippen molar-refractivity contribution >= 4 is 0 Å². The molecule has 98 valence electrons. The van der Waals surface area contributed by atoms with Gasteiger partial charge in [-0.2, -0.15) is 5.26 Å². The Labute approximate surface area is 105 Å². The Morgan fingerprint density at radius 2 is 2.29 bits per heavy atom. The number of methoxy groups -OCH3 is 1. The highest BCUT2D eigenvalue weighted by molar-refractivity contribution is 4.78. The topological polar surface area (TPSA) is 48.3 Å². The van der Waals surface area contributed by atoms with Gasteiger partial charge in [0.1, 0.15) is 0 Å². The molecule has 1 rings (SSSR count). The Kier molecular flexibility index (Phi) is 7.98. The number of ether oxygens (including phenoxy) is 1. The van der Waals surface area contributed by atoms with Crippen LogP contribution < -0.4 is 5.32 Å². The summed E-state index contributed by atoms with van der Waals surface area (Å²) in [6.07, 6.45) is 5.40. The molecule has 0 radical (unpaired) electrons. The Morgan fingerprint density at radius 1 is 1.41 bits per heavy atom. The van der Waals surface area contributed by atoms with Crippen LogP contribution in [0.5, 0.6) is 0 Å². The number of unbranched alkanes of at least 4 members (excludes halogenated alkanes) is 2. The molecule has 1 unspecified atom stereocenters. The van der Waals surface area contributed by atoms with Gasteiger partial charge in [-0.15, -0.1) is 0 Å². The van der Waals surface area contributed by atoms with E-state index in [-0.39, 0.29) is 0 Å². The maximum absolute atomic E-state index is 8.51. The van der Waals surface area contributed by atoms with Crippen molar-refractivity contribution in [2.45, 2.75) is 38.1 Å². The predicted octanol–water partition coefficient (Wildman–Crippen LogP) is 1.38. The Bertz CT molecular complexity index is 221. The van der Waals surface area contributed by atoms with Crippen LogP contribution in [0.15, 0.2) is 0 Å². The van der Waals surface area contributed by atoms with E-state index in [0.717, 1.165) is 45.6 Å². The minimum Gasteiger partial charge on any atom is -0.383 e. The predicted molar refractivity (Wildman–Crippen MR) is 68.8 cm³/mol. The van der Waals surface area contributed by atoms with E-state index >= 15 is 0 Å². The van der Waals surface area contributed by atoms with Gasteiger partial charge in [0.2, 0.25) is 0 Å². The number of nitrogens with one attached hydrogen (secondary N) is 1. The van der Waals surface area contributed by atoms with Crippen molar-refractivity contribution in [3.8, 4) is 6.07 Å². The van der Waals surface area contributed by atoms with Crippen molar-refractivity contribution in [2.24, 2.45) is 0 Å². The summed E-state index contributed by atoms with van der Waals surface area (Å²) in [5.74, 6) is 0. The van der Waals surface area contributed by atoms with E-state index in [9.17, 15) is 0 Å². The molecular weight excluding hydrogens is 214 g/mol. The van der Waals surface area contributed by atoms with Gasteiger partial charge in [-0.1, -0.05) is 0 Å². The summed E-state index contributed by atoms with van der Waals surface area (Å²) in [6.45, 7) is 5.17. The molecule has 0 spiro atoms. The molecule has 0 bridgehead atoms. The molecule has 0 amide bonds. The average Bonchev–Trinajstić information content (AvgIpc) is 2.84. The molecule has 17 heavy (non-hydrogen) atoms. The lowest BCUT2D eigenvalue weighted by atomic mass is 10.2. The van der Waals surface area contributed by atoms with Crippen LogP contribution in [0, 0.1) is 11.3 Å². The lowest BCUT2D eigenvalue weighted by Gasteiger charge is -2.25. The van der Waals surface area contributed by atoms with Gasteiger partial charge in [0.05, 0.1) is 12.7 Å². The molecule has 0 aliphatic carbocycles. The summed E-state index contributed by atoms with van der Waals surface area (Å²) in [5.41, 5.74) is 0. The molecular formula is C13H25N3O. The van der Waals surface area contributed by atoms with Crippen LogP contribution >= 0.6 is 0 Å². The van der Waals surface area contributed by atoms with Gasteiger partial charge in [-0.3, -0.25) is 4.90 Å². The van der Waals surface area contributed by atoms with Crippen LogP contribution in [0.4, 0.5) is 0 Å². The smallest absolute Gasteiger partial charge is 0.0621 e. The average molecular weight is 239 g/mol. The fourth-order valence-corrected chi connectivity index (χ4v) is 2.28. The van der Waals surface area contributed by atoms with Gasteiger partial charge < -0.3 is 10.1 Å². The third-order valence-corrected chi connectivity index (χ3v) is 3.27. The van der Waals surface area contributed by atoms with Crippen LogP contribution in [-0.2, 0) is 4.74 Å². The first-order valence-corrected chi connectivity index (χ1v) is 6.68. The zero-order valence-corrected chi connectivity index (χ0v) is 11.0. The molecule has 1 atom stereocenters. The normalized spacial score (nSPS) is 19.7. The first kappa shape index (κ1) is 14.4. The molecule has 0 aromatic carbocycles. The van der Waals surface area contributed by atoms with Gasteiger partial charge in [0.25, 0.3) is 0 Å². The van der Waals surface area contributed by atoms with Crippen molar-refractivity contribution in [1.29, 1.82) is 5.26 Å². The summed E-state index contributed by atoms with van der Waals surface area (Å²) in [7, 11) is 1.75. The molecule has 0 saturated carbocycles. The standard InChI is InChI=1S/C13H25N3O/c1-17-11-10-16(9-4-2-3-7-14)12-13-6-5-8-15-13/h13,15H,2-6,8-12H2,1H3. The SMILES string of the molecule is COCCN(CCCCC#N)CC1CCCN1. The van der Waals surface area contributed by atoms with E-state index in [1.165, 1.54) is 12.8 Å². The third kappa shape index (κ3) is 6.62. The highest BCUT2D eigenvalue weighted by atomic mass is 16.5. The largest absolute Gasteiger partial charge is 0.383 e. The second-order valence-corrected chi connectivity index (χ2v) is 4.70. The van der Waals surface area contributed by atoms with E-state index in [0.29, 0.717) is 12.5 Å². The first-order valence-electron chi connectivity index (χ1n) is 6.68. The van der Waals surface area contributed by atoms with Crippen LogP contribution in [0.1, 0.15) is 32.1 Å². The summed E-state index contributed by atoms with van der Waals surface area (Å²) >= 11 is 0. The van der Waals surface area contributed by atoms with E-state index in [2.05, 4.69) is 16.3 Å². The summed E-state index contributed by atoms with van der Waals surface area (Å²) < 4.78 is 5.15.